The predicted octanol–water partition coefficient (Wildman–Crippen LogP) is 5.15. The van der Waals surface area contributed by atoms with Crippen LogP contribution in [0.1, 0.15) is 15.9 Å². The Kier molecular flexibility index (Phi) is 4.86. The zero-order valence-electron chi connectivity index (χ0n) is 9.70. The Morgan fingerprint density at radius 3 is 2.74 bits per heavy atom. The highest BCUT2D eigenvalue weighted by Gasteiger charge is 2.06. The summed E-state index contributed by atoms with van der Waals surface area (Å²) in [6, 6.07) is 10.6. The van der Waals surface area contributed by atoms with Crippen molar-refractivity contribution in [1.82, 2.24) is 0 Å². The van der Waals surface area contributed by atoms with Gasteiger partial charge in [0.25, 0.3) is 0 Å². The molecule has 2 rings (SSSR count). The molecule has 0 atom stereocenters. The van der Waals surface area contributed by atoms with Crippen LogP contribution in [0.2, 0.25) is 10.0 Å². The third kappa shape index (κ3) is 3.50. The van der Waals surface area contributed by atoms with Gasteiger partial charge in [0.15, 0.2) is 6.29 Å². The first-order chi connectivity index (χ1) is 9.11. The zero-order valence-corrected chi connectivity index (χ0v) is 12.8. The number of carbonyl (C=O) groups excluding carboxylic acids is 1. The molecule has 19 heavy (non-hydrogen) atoms. The van der Waals surface area contributed by atoms with Gasteiger partial charge in [0.05, 0.1) is 10.0 Å². The fourth-order valence-electron chi connectivity index (χ4n) is 1.52. The van der Waals surface area contributed by atoms with Crippen molar-refractivity contribution in [3.8, 4) is 5.75 Å². The molecule has 0 N–H and O–H groups in total. The molecule has 2 aromatic rings. The fraction of sp³-hybridized carbons (Fsp3) is 0.0714. The fourth-order valence-corrected chi connectivity index (χ4v) is 2.24. The molecule has 5 heteroatoms. The molecule has 0 amide bonds. The Labute approximate surface area is 129 Å². The number of ether oxygens (including phenoxy) is 1. The lowest BCUT2D eigenvalue weighted by Crippen LogP contribution is -1.97. The van der Waals surface area contributed by atoms with E-state index < -0.39 is 0 Å². The lowest BCUT2D eigenvalue weighted by Gasteiger charge is -2.09. The number of aldehydes is 1. The minimum Gasteiger partial charge on any atom is -0.489 e. The normalized spacial score (nSPS) is 10.3. The van der Waals surface area contributed by atoms with Gasteiger partial charge in [-0.15, -0.1) is 0 Å². The molecule has 0 unspecified atom stereocenters. The standard InChI is InChI=1S/C14H9BrCl2O2/c15-12-5-4-11(6-10(12)7-18)19-8-9-2-1-3-13(16)14(9)17/h1-7H,8H2. The second-order valence-electron chi connectivity index (χ2n) is 3.80. The Hall–Kier alpha value is -1.03. The summed E-state index contributed by atoms with van der Waals surface area (Å²) in [4.78, 5) is 10.8. The highest BCUT2D eigenvalue weighted by molar-refractivity contribution is 9.10. The van der Waals surface area contributed by atoms with Crippen molar-refractivity contribution in [2.75, 3.05) is 0 Å². The first-order valence-corrected chi connectivity index (χ1v) is 6.97. The molecule has 0 radical (unpaired) electrons. The summed E-state index contributed by atoms with van der Waals surface area (Å²) in [6.45, 7) is 0.291. The summed E-state index contributed by atoms with van der Waals surface area (Å²) in [5.41, 5.74) is 1.33. The maximum Gasteiger partial charge on any atom is 0.151 e. The highest BCUT2D eigenvalue weighted by Crippen LogP contribution is 2.27. The summed E-state index contributed by atoms with van der Waals surface area (Å²) < 4.78 is 6.33. The quantitative estimate of drug-likeness (QED) is 0.706. The number of benzene rings is 2. The molecule has 2 nitrogen and oxygen atoms in total. The van der Waals surface area contributed by atoms with E-state index in [2.05, 4.69) is 15.9 Å². The Balaban J connectivity index is 2.14. The lowest BCUT2D eigenvalue weighted by molar-refractivity contribution is 0.112. The molecule has 98 valence electrons. The van der Waals surface area contributed by atoms with E-state index >= 15 is 0 Å². The van der Waals surface area contributed by atoms with E-state index in [1.807, 2.05) is 12.1 Å². The molecule has 0 fully saturated rings. The number of hydrogen-bond donors (Lipinski definition) is 0. The molecule has 0 bridgehead atoms. The van der Waals surface area contributed by atoms with Crippen molar-refractivity contribution < 1.29 is 9.53 Å². The minimum atomic E-state index is 0.291. The van der Waals surface area contributed by atoms with Crippen LogP contribution in [-0.2, 0) is 6.61 Å². The maximum atomic E-state index is 10.8. The average Bonchev–Trinajstić information content (AvgIpc) is 2.42. The number of halogens is 3. The van der Waals surface area contributed by atoms with E-state index in [1.165, 1.54) is 0 Å². The van der Waals surface area contributed by atoms with E-state index in [0.29, 0.717) is 28.0 Å². The van der Waals surface area contributed by atoms with Crippen LogP contribution >= 0.6 is 39.1 Å². The van der Waals surface area contributed by atoms with Gasteiger partial charge < -0.3 is 4.74 Å². The number of carbonyl (C=O) groups is 1. The van der Waals surface area contributed by atoms with E-state index in [9.17, 15) is 4.79 Å². The molecule has 0 spiro atoms. The van der Waals surface area contributed by atoms with Crippen LogP contribution in [0.4, 0.5) is 0 Å². The van der Waals surface area contributed by atoms with E-state index in [0.717, 1.165) is 16.3 Å². The van der Waals surface area contributed by atoms with Crippen LogP contribution in [0.5, 0.6) is 5.75 Å². The largest absolute Gasteiger partial charge is 0.489 e. The highest BCUT2D eigenvalue weighted by atomic mass is 79.9. The van der Waals surface area contributed by atoms with E-state index in [4.69, 9.17) is 27.9 Å². The van der Waals surface area contributed by atoms with Gasteiger partial charge in [0.2, 0.25) is 0 Å². The first-order valence-electron chi connectivity index (χ1n) is 5.42. The van der Waals surface area contributed by atoms with Crippen molar-refractivity contribution in [3.05, 3.63) is 62.0 Å². The molecule has 2 aromatic carbocycles. The molecule has 0 saturated carbocycles. The summed E-state index contributed by atoms with van der Waals surface area (Å²) in [6.07, 6.45) is 0.767. The minimum absolute atomic E-state index is 0.291. The molecular weight excluding hydrogens is 351 g/mol. The Morgan fingerprint density at radius 1 is 1.21 bits per heavy atom. The Morgan fingerprint density at radius 2 is 2.00 bits per heavy atom. The van der Waals surface area contributed by atoms with E-state index in [-0.39, 0.29) is 0 Å². The molecule has 0 aliphatic rings. The van der Waals surface area contributed by atoms with Crippen molar-refractivity contribution in [2.45, 2.75) is 6.61 Å². The van der Waals surface area contributed by atoms with Gasteiger partial charge in [-0.25, -0.2) is 0 Å². The zero-order chi connectivity index (χ0) is 13.8. The molecular formula is C14H9BrCl2O2. The maximum absolute atomic E-state index is 10.8. The topological polar surface area (TPSA) is 26.3 Å². The van der Waals surface area contributed by atoms with Crippen LogP contribution < -0.4 is 4.74 Å². The SMILES string of the molecule is O=Cc1cc(OCc2cccc(Cl)c2Cl)ccc1Br. The summed E-state index contributed by atoms with van der Waals surface area (Å²) in [5.74, 6) is 0.598. The van der Waals surface area contributed by atoms with Crippen molar-refractivity contribution >= 4 is 45.4 Å². The van der Waals surface area contributed by atoms with Gasteiger partial charge in [-0.3, -0.25) is 4.79 Å². The average molecular weight is 360 g/mol. The smallest absolute Gasteiger partial charge is 0.151 e. The summed E-state index contributed by atoms with van der Waals surface area (Å²) in [5, 5.41) is 0.976. The summed E-state index contributed by atoms with van der Waals surface area (Å²) >= 11 is 15.3. The van der Waals surface area contributed by atoms with Gasteiger partial charge >= 0.3 is 0 Å². The van der Waals surface area contributed by atoms with Gasteiger partial charge in [0.1, 0.15) is 12.4 Å². The first kappa shape index (κ1) is 14.4. The predicted molar refractivity (Wildman–Crippen MR) is 80.3 cm³/mol. The van der Waals surface area contributed by atoms with Crippen LogP contribution in [0.3, 0.4) is 0 Å². The molecule has 0 saturated heterocycles. The van der Waals surface area contributed by atoms with Gasteiger partial charge in [-0.1, -0.05) is 51.3 Å². The molecule has 0 aliphatic carbocycles. The molecule has 0 aromatic heterocycles. The second kappa shape index (κ2) is 6.42. The third-order valence-corrected chi connectivity index (χ3v) is 4.10. The Bertz CT molecular complexity index is 614. The summed E-state index contributed by atoms with van der Waals surface area (Å²) in [7, 11) is 0. The van der Waals surface area contributed by atoms with Crippen molar-refractivity contribution in [1.29, 1.82) is 0 Å². The van der Waals surface area contributed by atoms with Crippen LogP contribution in [0, 0.1) is 0 Å². The van der Waals surface area contributed by atoms with Gasteiger partial charge in [-0.05, 0) is 24.3 Å². The van der Waals surface area contributed by atoms with Gasteiger partial charge in [0, 0.05) is 15.6 Å². The lowest BCUT2D eigenvalue weighted by atomic mass is 10.2. The second-order valence-corrected chi connectivity index (χ2v) is 5.44. The van der Waals surface area contributed by atoms with Crippen LogP contribution in [0.25, 0.3) is 0 Å². The van der Waals surface area contributed by atoms with Crippen LogP contribution in [-0.4, -0.2) is 6.29 Å². The van der Waals surface area contributed by atoms with Crippen molar-refractivity contribution in [2.24, 2.45) is 0 Å². The van der Waals surface area contributed by atoms with Crippen molar-refractivity contribution in [3.63, 3.8) is 0 Å². The molecule has 0 heterocycles. The van der Waals surface area contributed by atoms with E-state index in [1.54, 1.807) is 24.3 Å². The number of hydrogen-bond acceptors (Lipinski definition) is 2. The third-order valence-electron chi connectivity index (χ3n) is 2.52. The van der Waals surface area contributed by atoms with Gasteiger partial charge in [-0.2, -0.15) is 0 Å². The monoisotopic (exact) mass is 358 g/mol. The van der Waals surface area contributed by atoms with Crippen LogP contribution in [0.15, 0.2) is 40.9 Å². The number of rotatable bonds is 4. The molecule has 0 aliphatic heterocycles.